The molecule has 2 N–H and O–H groups in total. The number of rotatable bonds is 4. The highest BCUT2D eigenvalue weighted by atomic mass is 16.5. The molecule has 1 aliphatic rings. The molecule has 0 atom stereocenters. The first-order valence-corrected chi connectivity index (χ1v) is 7.57. The molecule has 122 valence electrons. The summed E-state index contributed by atoms with van der Waals surface area (Å²) in [6, 6.07) is 0. The Kier molecular flexibility index (Phi) is 5.74. The van der Waals surface area contributed by atoms with E-state index in [1.807, 2.05) is 0 Å². The molecule has 8 heteroatoms. The Morgan fingerprint density at radius 3 is 2.73 bits per heavy atom. The Bertz CT molecular complexity index is 519. The minimum absolute atomic E-state index is 0.119. The molecule has 1 saturated heterocycles. The van der Waals surface area contributed by atoms with Crippen LogP contribution in [0.15, 0.2) is 9.52 Å². The topological polar surface area (TPSA) is 95.7 Å². The molecule has 0 aromatic carbocycles. The van der Waals surface area contributed by atoms with Crippen molar-refractivity contribution >= 4 is 11.9 Å². The van der Waals surface area contributed by atoms with Crippen LogP contribution in [0.5, 0.6) is 0 Å². The molecule has 0 aliphatic carbocycles. The van der Waals surface area contributed by atoms with Crippen molar-refractivity contribution < 1.29 is 9.32 Å². The first-order chi connectivity index (χ1) is 10.6. The summed E-state index contributed by atoms with van der Waals surface area (Å²) in [5.41, 5.74) is 0. The average Bonchev–Trinajstić information content (AvgIpc) is 2.95. The maximum Gasteiger partial charge on any atom is 0.223 e. The lowest BCUT2D eigenvalue weighted by Gasteiger charge is -2.33. The van der Waals surface area contributed by atoms with Gasteiger partial charge in [-0.05, 0) is 18.8 Å². The molecular formula is C14H24N6O2. The second-order valence-corrected chi connectivity index (χ2v) is 5.44. The largest absolute Gasteiger partial charge is 0.359 e. The van der Waals surface area contributed by atoms with Crippen molar-refractivity contribution in [2.75, 3.05) is 27.2 Å². The fraction of sp³-hybridized carbons (Fsp3) is 0.714. The van der Waals surface area contributed by atoms with Crippen LogP contribution < -0.4 is 10.6 Å². The van der Waals surface area contributed by atoms with Crippen molar-refractivity contribution in [3.63, 3.8) is 0 Å². The molecule has 0 radical (unpaired) electrons. The number of nitrogens with zero attached hydrogens (tertiary/aromatic N) is 4. The van der Waals surface area contributed by atoms with E-state index in [1.54, 1.807) is 21.0 Å². The highest BCUT2D eigenvalue weighted by Crippen LogP contribution is 2.20. The average molecular weight is 308 g/mol. The van der Waals surface area contributed by atoms with Gasteiger partial charge in [-0.15, -0.1) is 0 Å². The second-order valence-electron chi connectivity index (χ2n) is 5.44. The number of nitrogens with one attached hydrogen (secondary N) is 2. The molecule has 1 aromatic rings. The number of aliphatic imine (C=N–C) groups is 1. The fourth-order valence-electron chi connectivity index (χ4n) is 2.62. The number of hydrogen-bond acceptors (Lipinski definition) is 5. The Morgan fingerprint density at radius 2 is 2.18 bits per heavy atom. The standard InChI is InChI=1S/C14H24N6O2/c1-10-18-12(19-22-10)9-17-14(16-3)20-6-4-11(5-7-20)8-13(21)15-2/h11H,4-9H2,1-3H3,(H,15,21)(H,16,17). The van der Waals surface area contributed by atoms with Gasteiger partial charge in [-0.25, -0.2) is 0 Å². The summed E-state index contributed by atoms with van der Waals surface area (Å²) >= 11 is 0. The molecule has 2 rings (SSSR count). The van der Waals surface area contributed by atoms with Crippen molar-refractivity contribution in [2.24, 2.45) is 10.9 Å². The zero-order chi connectivity index (χ0) is 15.9. The van der Waals surface area contributed by atoms with Crippen LogP contribution in [0.3, 0.4) is 0 Å². The second kappa shape index (κ2) is 7.77. The van der Waals surface area contributed by atoms with Gasteiger partial charge in [-0.3, -0.25) is 9.79 Å². The third-order valence-corrected chi connectivity index (χ3v) is 3.85. The van der Waals surface area contributed by atoms with Gasteiger partial charge >= 0.3 is 0 Å². The van der Waals surface area contributed by atoms with Crippen LogP contribution in [0.4, 0.5) is 0 Å². The van der Waals surface area contributed by atoms with Crippen LogP contribution in [-0.4, -0.2) is 54.1 Å². The predicted molar refractivity (Wildman–Crippen MR) is 82.2 cm³/mol. The van der Waals surface area contributed by atoms with E-state index >= 15 is 0 Å². The normalized spacial score (nSPS) is 16.7. The number of amides is 1. The number of carbonyl (C=O) groups is 1. The molecular weight excluding hydrogens is 284 g/mol. The van der Waals surface area contributed by atoms with Crippen molar-refractivity contribution in [1.82, 2.24) is 25.7 Å². The number of aryl methyl sites for hydroxylation is 1. The van der Waals surface area contributed by atoms with Crippen molar-refractivity contribution in [1.29, 1.82) is 0 Å². The Hall–Kier alpha value is -2.12. The monoisotopic (exact) mass is 308 g/mol. The molecule has 1 fully saturated rings. The van der Waals surface area contributed by atoms with Gasteiger partial charge in [0.05, 0.1) is 6.54 Å². The van der Waals surface area contributed by atoms with E-state index in [9.17, 15) is 4.79 Å². The van der Waals surface area contributed by atoms with Crippen LogP contribution in [-0.2, 0) is 11.3 Å². The molecule has 1 aromatic heterocycles. The molecule has 8 nitrogen and oxygen atoms in total. The lowest BCUT2D eigenvalue weighted by Crippen LogP contribution is -2.45. The molecule has 0 spiro atoms. The van der Waals surface area contributed by atoms with Crippen LogP contribution in [0.25, 0.3) is 0 Å². The summed E-state index contributed by atoms with van der Waals surface area (Å²) < 4.78 is 4.95. The van der Waals surface area contributed by atoms with E-state index in [4.69, 9.17) is 4.52 Å². The van der Waals surface area contributed by atoms with Gasteiger partial charge in [0.15, 0.2) is 11.8 Å². The van der Waals surface area contributed by atoms with Gasteiger partial charge in [0.25, 0.3) is 0 Å². The highest BCUT2D eigenvalue weighted by molar-refractivity contribution is 5.80. The zero-order valence-electron chi connectivity index (χ0n) is 13.4. The minimum Gasteiger partial charge on any atom is -0.359 e. The molecule has 1 amide bonds. The predicted octanol–water partition coefficient (Wildman–Crippen LogP) is 0.302. The summed E-state index contributed by atoms with van der Waals surface area (Å²) in [5, 5.41) is 9.79. The zero-order valence-corrected chi connectivity index (χ0v) is 13.4. The Balaban J connectivity index is 1.79. The van der Waals surface area contributed by atoms with Gasteiger partial charge in [-0.2, -0.15) is 4.98 Å². The smallest absolute Gasteiger partial charge is 0.223 e. The van der Waals surface area contributed by atoms with E-state index in [1.165, 1.54) is 0 Å². The van der Waals surface area contributed by atoms with E-state index < -0.39 is 0 Å². The van der Waals surface area contributed by atoms with Gasteiger partial charge in [-0.1, -0.05) is 5.16 Å². The van der Waals surface area contributed by atoms with Crippen LogP contribution in [0.2, 0.25) is 0 Å². The van der Waals surface area contributed by atoms with Crippen LogP contribution in [0, 0.1) is 12.8 Å². The van der Waals surface area contributed by atoms with Crippen molar-refractivity contribution in [2.45, 2.75) is 32.7 Å². The van der Waals surface area contributed by atoms with E-state index in [-0.39, 0.29) is 5.91 Å². The maximum atomic E-state index is 11.4. The SMILES string of the molecule is CN=C(NCc1noc(C)n1)N1CCC(CC(=O)NC)CC1. The van der Waals surface area contributed by atoms with Gasteiger partial charge in [0.1, 0.15) is 0 Å². The lowest BCUT2D eigenvalue weighted by atomic mass is 9.93. The van der Waals surface area contributed by atoms with E-state index in [0.717, 1.165) is 31.9 Å². The number of likely N-dealkylation sites (tertiary alicyclic amines) is 1. The summed E-state index contributed by atoms with van der Waals surface area (Å²) in [5.74, 6) is 2.58. The summed E-state index contributed by atoms with van der Waals surface area (Å²) in [6.07, 6.45) is 2.60. The van der Waals surface area contributed by atoms with E-state index in [0.29, 0.717) is 30.6 Å². The molecule has 1 aliphatic heterocycles. The molecule has 0 saturated carbocycles. The fourth-order valence-corrected chi connectivity index (χ4v) is 2.62. The highest BCUT2D eigenvalue weighted by Gasteiger charge is 2.23. The number of carbonyl (C=O) groups excluding carboxylic acids is 1. The summed E-state index contributed by atoms with van der Waals surface area (Å²) in [7, 11) is 3.45. The first kappa shape index (κ1) is 16.3. The van der Waals surface area contributed by atoms with Gasteiger partial charge in [0, 0.05) is 40.5 Å². The molecule has 2 heterocycles. The summed E-state index contributed by atoms with van der Waals surface area (Å²) in [4.78, 5) is 22.1. The molecule has 0 bridgehead atoms. The van der Waals surface area contributed by atoms with E-state index in [2.05, 4.69) is 30.7 Å². The van der Waals surface area contributed by atoms with Crippen molar-refractivity contribution in [3.8, 4) is 0 Å². The number of piperidine rings is 1. The summed E-state index contributed by atoms with van der Waals surface area (Å²) in [6.45, 7) is 4.05. The number of hydrogen-bond donors (Lipinski definition) is 2. The molecule has 22 heavy (non-hydrogen) atoms. The Morgan fingerprint density at radius 1 is 1.45 bits per heavy atom. The molecule has 0 unspecified atom stereocenters. The quantitative estimate of drug-likeness (QED) is 0.613. The maximum absolute atomic E-state index is 11.4. The van der Waals surface area contributed by atoms with Gasteiger partial charge in [0.2, 0.25) is 11.8 Å². The third kappa shape index (κ3) is 4.44. The Labute approximate surface area is 130 Å². The minimum atomic E-state index is 0.119. The number of guanidine groups is 1. The third-order valence-electron chi connectivity index (χ3n) is 3.85. The first-order valence-electron chi connectivity index (χ1n) is 7.57. The van der Waals surface area contributed by atoms with Crippen LogP contribution in [0.1, 0.15) is 31.0 Å². The van der Waals surface area contributed by atoms with Gasteiger partial charge < -0.3 is 20.1 Å². The van der Waals surface area contributed by atoms with Crippen LogP contribution >= 0.6 is 0 Å². The van der Waals surface area contributed by atoms with Crippen molar-refractivity contribution in [3.05, 3.63) is 11.7 Å². The lowest BCUT2D eigenvalue weighted by molar-refractivity contribution is -0.121. The number of aromatic nitrogens is 2.